The number of carbonyl (C=O) groups is 2. The van der Waals surface area contributed by atoms with E-state index in [1.165, 1.54) is 13.1 Å². The molecule has 0 aliphatic carbocycles. The van der Waals surface area contributed by atoms with E-state index in [-0.39, 0.29) is 12.0 Å². The van der Waals surface area contributed by atoms with E-state index in [4.69, 9.17) is 16.3 Å². The number of nitrogens with one attached hydrogen (secondary N) is 2. The molecule has 1 atom stereocenters. The number of likely N-dealkylation sites (N-methyl/N-ethyl adjacent to an activating group) is 1. The number of hydrogen-bond donors (Lipinski definition) is 2. The Bertz CT molecular complexity index is 861. The van der Waals surface area contributed by atoms with Crippen molar-refractivity contribution in [2.24, 2.45) is 0 Å². The highest BCUT2D eigenvalue weighted by atomic mass is 35.5. The van der Waals surface area contributed by atoms with Gasteiger partial charge in [0, 0.05) is 18.5 Å². The molecule has 2 N–H and O–H groups in total. The highest BCUT2D eigenvalue weighted by molar-refractivity contribution is 6.30. The minimum absolute atomic E-state index is 0.101. The summed E-state index contributed by atoms with van der Waals surface area (Å²) in [6.07, 6.45) is 0.510. The van der Waals surface area contributed by atoms with E-state index in [2.05, 4.69) is 10.6 Å². The molecule has 1 unspecified atom stereocenters. The molecule has 2 aromatic carbocycles. The van der Waals surface area contributed by atoms with Gasteiger partial charge in [-0.15, -0.1) is 0 Å². The smallest absolute Gasteiger partial charge is 0.246 e. The van der Waals surface area contributed by atoms with Crippen LogP contribution in [0.4, 0.5) is 8.78 Å². The number of ether oxygens (including phenoxy) is 1. The van der Waals surface area contributed by atoms with Gasteiger partial charge in [-0.3, -0.25) is 9.59 Å². The Labute approximate surface area is 167 Å². The molecule has 2 aromatic rings. The van der Waals surface area contributed by atoms with Gasteiger partial charge in [0.25, 0.3) is 0 Å². The van der Waals surface area contributed by atoms with Crippen LogP contribution >= 0.6 is 11.6 Å². The maximum absolute atomic E-state index is 13.5. The van der Waals surface area contributed by atoms with Gasteiger partial charge in [0.15, 0.2) is 11.6 Å². The summed E-state index contributed by atoms with van der Waals surface area (Å²) < 4.78 is 32.2. The van der Waals surface area contributed by atoms with Crippen LogP contribution < -0.4 is 15.4 Å². The first-order chi connectivity index (χ1) is 13.3. The number of benzene rings is 2. The Morgan fingerprint density at radius 2 is 1.89 bits per heavy atom. The molecule has 2 amide bonds. The summed E-state index contributed by atoms with van der Waals surface area (Å²) in [5.41, 5.74) is 1.04. The second kappa shape index (κ2) is 10.0. The zero-order valence-corrected chi connectivity index (χ0v) is 16.3. The molecule has 0 saturated carbocycles. The summed E-state index contributed by atoms with van der Waals surface area (Å²) in [4.78, 5) is 24.2. The van der Waals surface area contributed by atoms with E-state index >= 15 is 0 Å². The van der Waals surface area contributed by atoms with Gasteiger partial charge < -0.3 is 15.4 Å². The quantitative estimate of drug-likeness (QED) is 0.652. The zero-order chi connectivity index (χ0) is 20.7. The third-order valence-electron chi connectivity index (χ3n) is 4.03. The average Bonchev–Trinajstić information content (AvgIpc) is 2.66. The van der Waals surface area contributed by atoms with Crippen LogP contribution in [0.25, 0.3) is 0 Å². The summed E-state index contributed by atoms with van der Waals surface area (Å²) in [5.74, 6) is -2.38. The molecular formula is C20H21ClF2N2O3. The fraction of sp³-hybridized carbons (Fsp3) is 0.300. The van der Waals surface area contributed by atoms with Crippen LogP contribution in [0.2, 0.25) is 5.02 Å². The number of carbonyl (C=O) groups excluding carboxylic acids is 2. The first kappa shape index (κ1) is 21.6. The maximum atomic E-state index is 13.5. The molecule has 0 saturated heterocycles. The van der Waals surface area contributed by atoms with Gasteiger partial charge in [-0.2, -0.15) is 0 Å². The summed E-state index contributed by atoms with van der Waals surface area (Å²) in [6, 6.07) is 7.18. The summed E-state index contributed by atoms with van der Waals surface area (Å²) >= 11 is 5.89. The fourth-order valence-electron chi connectivity index (χ4n) is 2.56. The van der Waals surface area contributed by atoms with Gasteiger partial charge in [0.1, 0.15) is 11.8 Å². The van der Waals surface area contributed by atoms with Crippen molar-refractivity contribution in [2.75, 3.05) is 13.7 Å². The Kier molecular flexibility index (Phi) is 7.75. The number of aryl methyl sites for hydroxylation is 1. The van der Waals surface area contributed by atoms with E-state index in [1.807, 2.05) is 6.92 Å². The third-order valence-corrected chi connectivity index (χ3v) is 4.27. The predicted molar refractivity (Wildman–Crippen MR) is 102 cm³/mol. The second-order valence-electron chi connectivity index (χ2n) is 6.15. The SMILES string of the molecule is CNC(=O)C(NC(=O)CCCOc1ccc(Cl)cc1C)c1ccc(F)c(F)c1. The molecule has 0 aliphatic rings. The van der Waals surface area contributed by atoms with Crippen molar-refractivity contribution in [1.29, 1.82) is 0 Å². The van der Waals surface area contributed by atoms with Crippen LogP contribution in [0.3, 0.4) is 0 Å². The largest absolute Gasteiger partial charge is 0.493 e. The van der Waals surface area contributed by atoms with E-state index in [0.717, 1.165) is 17.7 Å². The Morgan fingerprint density at radius 3 is 2.54 bits per heavy atom. The van der Waals surface area contributed by atoms with Gasteiger partial charge in [0.05, 0.1) is 6.61 Å². The standard InChI is InChI=1S/C20H21ClF2N2O3/c1-12-10-14(21)6-8-17(12)28-9-3-4-18(26)25-19(20(27)24-2)13-5-7-15(22)16(23)11-13/h5-8,10-11,19H,3-4,9H2,1-2H3,(H,24,27)(H,25,26). The number of hydrogen-bond acceptors (Lipinski definition) is 3. The number of halogens is 3. The average molecular weight is 411 g/mol. The molecule has 0 spiro atoms. The molecular weight excluding hydrogens is 390 g/mol. The zero-order valence-electron chi connectivity index (χ0n) is 15.5. The van der Waals surface area contributed by atoms with Crippen LogP contribution in [0.1, 0.15) is 30.0 Å². The molecule has 5 nitrogen and oxygen atoms in total. The van der Waals surface area contributed by atoms with Crippen molar-refractivity contribution in [3.8, 4) is 5.75 Å². The van der Waals surface area contributed by atoms with E-state index < -0.39 is 29.5 Å². The van der Waals surface area contributed by atoms with Crippen LogP contribution in [0.5, 0.6) is 5.75 Å². The molecule has 0 aromatic heterocycles. The van der Waals surface area contributed by atoms with Crippen molar-refractivity contribution >= 4 is 23.4 Å². The van der Waals surface area contributed by atoms with Crippen molar-refractivity contribution in [3.05, 3.63) is 64.2 Å². The van der Waals surface area contributed by atoms with Crippen LogP contribution in [-0.4, -0.2) is 25.5 Å². The second-order valence-corrected chi connectivity index (χ2v) is 6.59. The van der Waals surface area contributed by atoms with Crippen LogP contribution in [0, 0.1) is 18.6 Å². The summed E-state index contributed by atoms with van der Waals surface area (Å²) in [5, 5.41) is 5.54. The summed E-state index contributed by atoms with van der Waals surface area (Å²) in [6.45, 7) is 2.16. The lowest BCUT2D eigenvalue weighted by atomic mass is 10.1. The Morgan fingerprint density at radius 1 is 1.14 bits per heavy atom. The highest BCUT2D eigenvalue weighted by Gasteiger charge is 2.22. The van der Waals surface area contributed by atoms with Crippen molar-refractivity contribution in [3.63, 3.8) is 0 Å². The van der Waals surface area contributed by atoms with E-state index in [1.54, 1.807) is 18.2 Å². The van der Waals surface area contributed by atoms with E-state index in [0.29, 0.717) is 23.8 Å². The lowest BCUT2D eigenvalue weighted by Gasteiger charge is -2.18. The van der Waals surface area contributed by atoms with Gasteiger partial charge >= 0.3 is 0 Å². The first-order valence-electron chi connectivity index (χ1n) is 8.66. The summed E-state index contributed by atoms with van der Waals surface area (Å²) in [7, 11) is 1.39. The molecule has 0 heterocycles. The van der Waals surface area contributed by atoms with Crippen molar-refractivity contribution < 1.29 is 23.1 Å². The predicted octanol–water partition coefficient (Wildman–Crippen LogP) is 3.69. The minimum atomic E-state index is -1.12. The van der Waals surface area contributed by atoms with Crippen molar-refractivity contribution in [1.82, 2.24) is 10.6 Å². The molecule has 2 rings (SSSR count). The third kappa shape index (κ3) is 5.92. The van der Waals surface area contributed by atoms with E-state index in [9.17, 15) is 18.4 Å². The topological polar surface area (TPSA) is 67.4 Å². The normalized spacial score (nSPS) is 11.6. The van der Waals surface area contributed by atoms with Gasteiger partial charge in [-0.1, -0.05) is 17.7 Å². The van der Waals surface area contributed by atoms with Crippen LogP contribution in [-0.2, 0) is 9.59 Å². The Balaban J connectivity index is 1.90. The molecule has 150 valence electrons. The lowest BCUT2D eigenvalue weighted by Crippen LogP contribution is -2.39. The van der Waals surface area contributed by atoms with Gasteiger partial charge in [-0.05, 0) is 54.8 Å². The Hall–Kier alpha value is -2.67. The molecule has 0 bridgehead atoms. The van der Waals surface area contributed by atoms with Crippen LogP contribution in [0.15, 0.2) is 36.4 Å². The molecule has 8 heteroatoms. The molecule has 0 fully saturated rings. The molecule has 0 radical (unpaired) electrons. The van der Waals surface area contributed by atoms with Crippen molar-refractivity contribution in [2.45, 2.75) is 25.8 Å². The minimum Gasteiger partial charge on any atom is -0.493 e. The maximum Gasteiger partial charge on any atom is 0.246 e. The fourth-order valence-corrected chi connectivity index (χ4v) is 2.79. The first-order valence-corrected chi connectivity index (χ1v) is 9.04. The number of rotatable bonds is 8. The van der Waals surface area contributed by atoms with Gasteiger partial charge in [0.2, 0.25) is 11.8 Å². The number of amides is 2. The highest BCUT2D eigenvalue weighted by Crippen LogP contribution is 2.22. The lowest BCUT2D eigenvalue weighted by molar-refractivity contribution is -0.129. The molecule has 28 heavy (non-hydrogen) atoms. The van der Waals surface area contributed by atoms with Gasteiger partial charge in [-0.25, -0.2) is 8.78 Å². The monoisotopic (exact) mass is 410 g/mol. The molecule has 0 aliphatic heterocycles.